The molecule has 3 heterocycles. The number of unbranched alkanes of at least 4 members (excludes halogenated alkanes) is 1. The highest BCUT2D eigenvalue weighted by molar-refractivity contribution is 6.28. The third kappa shape index (κ3) is 3.78. The molecule has 11 heteroatoms. The molecule has 0 saturated carbocycles. The fraction of sp³-hybridized carbons (Fsp3) is 0.316. The molecule has 0 radical (unpaired) electrons. The Bertz CT molecular complexity index is 1300. The van der Waals surface area contributed by atoms with Gasteiger partial charge in [0, 0.05) is 25.1 Å². The fourth-order valence-corrected chi connectivity index (χ4v) is 3.41. The molecule has 0 bridgehead atoms. The fourth-order valence-electron chi connectivity index (χ4n) is 3.24. The van der Waals surface area contributed by atoms with Gasteiger partial charge in [0.25, 0.3) is 5.56 Å². The van der Waals surface area contributed by atoms with Crippen molar-refractivity contribution in [3.05, 3.63) is 62.1 Å². The maximum atomic E-state index is 13.0. The lowest BCUT2D eigenvalue weighted by atomic mass is 10.2. The van der Waals surface area contributed by atoms with Crippen molar-refractivity contribution in [2.45, 2.75) is 39.3 Å². The van der Waals surface area contributed by atoms with Crippen LogP contribution >= 0.6 is 11.6 Å². The molecule has 156 valence electrons. The molecule has 30 heavy (non-hydrogen) atoms. The minimum absolute atomic E-state index is 0.0646. The Kier molecular flexibility index (Phi) is 5.49. The summed E-state index contributed by atoms with van der Waals surface area (Å²) in [5.74, 6) is 0.479. The number of nitrogens with one attached hydrogen (secondary N) is 1. The predicted molar refractivity (Wildman–Crippen MR) is 108 cm³/mol. The van der Waals surface area contributed by atoms with Gasteiger partial charge < -0.3 is 9.51 Å². The second-order valence-electron chi connectivity index (χ2n) is 6.69. The van der Waals surface area contributed by atoms with E-state index in [9.17, 15) is 14.0 Å². The van der Waals surface area contributed by atoms with Gasteiger partial charge in [-0.15, -0.1) is 0 Å². The minimum Gasteiger partial charge on any atom is -0.339 e. The number of rotatable bonds is 7. The molecular weight excluding hydrogens is 415 g/mol. The topological polar surface area (TPSA) is 112 Å². The normalized spacial score (nSPS) is 11.4. The van der Waals surface area contributed by atoms with Crippen LogP contribution in [0.1, 0.15) is 25.7 Å². The Morgan fingerprint density at radius 2 is 1.90 bits per heavy atom. The zero-order valence-corrected chi connectivity index (χ0v) is 16.8. The summed E-state index contributed by atoms with van der Waals surface area (Å²) in [7, 11) is 0. The van der Waals surface area contributed by atoms with Crippen molar-refractivity contribution in [2.24, 2.45) is 0 Å². The van der Waals surface area contributed by atoms with E-state index in [2.05, 4.69) is 20.1 Å². The number of benzene rings is 1. The summed E-state index contributed by atoms with van der Waals surface area (Å²) in [6.07, 6.45) is 1.67. The molecule has 1 aromatic carbocycles. The molecule has 0 aliphatic heterocycles. The zero-order valence-electron chi connectivity index (χ0n) is 16.1. The maximum absolute atomic E-state index is 13.0. The van der Waals surface area contributed by atoms with E-state index in [1.165, 1.54) is 21.3 Å². The van der Waals surface area contributed by atoms with Crippen LogP contribution in [0.3, 0.4) is 0 Å². The van der Waals surface area contributed by atoms with Gasteiger partial charge in [0.15, 0.2) is 11.2 Å². The van der Waals surface area contributed by atoms with E-state index in [0.717, 1.165) is 0 Å². The lowest BCUT2D eigenvalue weighted by Gasteiger charge is -2.09. The van der Waals surface area contributed by atoms with Crippen LogP contribution in [0.15, 0.2) is 38.4 Å². The Morgan fingerprint density at radius 1 is 1.13 bits per heavy atom. The number of nitrogens with zero attached hydrogens (tertiary/aromatic N) is 5. The van der Waals surface area contributed by atoms with Crippen LogP contribution in [-0.2, 0) is 19.5 Å². The van der Waals surface area contributed by atoms with Crippen LogP contribution in [0.25, 0.3) is 22.6 Å². The Morgan fingerprint density at radius 3 is 2.63 bits per heavy atom. The first-order valence-electron chi connectivity index (χ1n) is 9.45. The highest BCUT2D eigenvalue weighted by Crippen LogP contribution is 2.17. The summed E-state index contributed by atoms with van der Waals surface area (Å²) in [6, 6.07) is 5.81. The van der Waals surface area contributed by atoms with Crippen LogP contribution in [0, 0.1) is 5.82 Å². The molecular formula is C19H18ClFN6O3. The Labute approximate surface area is 174 Å². The molecule has 1 N–H and O–H groups in total. The maximum Gasteiger partial charge on any atom is 0.332 e. The largest absolute Gasteiger partial charge is 0.339 e. The molecule has 0 spiro atoms. The van der Waals surface area contributed by atoms with Gasteiger partial charge in [-0.2, -0.15) is 9.97 Å². The van der Waals surface area contributed by atoms with Crippen LogP contribution in [-0.4, -0.2) is 29.2 Å². The second-order valence-corrected chi connectivity index (χ2v) is 7.04. The molecule has 0 fully saturated rings. The van der Waals surface area contributed by atoms with Gasteiger partial charge in [-0.05, 0) is 55.6 Å². The number of fused-ring (bicyclic) bond motifs is 1. The van der Waals surface area contributed by atoms with E-state index >= 15 is 0 Å². The van der Waals surface area contributed by atoms with Crippen molar-refractivity contribution in [3.8, 4) is 11.4 Å². The van der Waals surface area contributed by atoms with E-state index in [1.807, 2.05) is 0 Å². The standard InChI is InChI=1S/C19H18ClFN6O3/c1-2-26-16-14(23-18(20)24-16)17(28)27(19(26)29)10-4-3-5-13-22-15(25-30-13)11-6-8-12(21)9-7-11/h6-9H,2-5,10H2,1H3,(H,23,24). The van der Waals surface area contributed by atoms with E-state index in [4.69, 9.17) is 16.1 Å². The average Bonchev–Trinajstić information content (AvgIpc) is 3.35. The highest BCUT2D eigenvalue weighted by atomic mass is 35.5. The van der Waals surface area contributed by atoms with E-state index in [0.29, 0.717) is 43.1 Å². The van der Waals surface area contributed by atoms with Gasteiger partial charge >= 0.3 is 5.69 Å². The van der Waals surface area contributed by atoms with Crippen molar-refractivity contribution in [3.63, 3.8) is 0 Å². The lowest BCUT2D eigenvalue weighted by Crippen LogP contribution is -2.40. The summed E-state index contributed by atoms with van der Waals surface area (Å²) in [5, 5.41) is 3.96. The van der Waals surface area contributed by atoms with Crippen LogP contribution in [0.5, 0.6) is 0 Å². The summed E-state index contributed by atoms with van der Waals surface area (Å²) in [5.41, 5.74) is 0.254. The number of hydrogen-bond acceptors (Lipinski definition) is 6. The van der Waals surface area contributed by atoms with Gasteiger partial charge in [0.1, 0.15) is 5.82 Å². The summed E-state index contributed by atoms with van der Waals surface area (Å²) < 4.78 is 20.8. The summed E-state index contributed by atoms with van der Waals surface area (Å²) in [4.78, 5) is 36.3. The number of hydrogen-bond donors (Lipinski definition) is 1. The van der Waals surface area contributed by atoms with E-state index in [1.54, 1.807) is 19.1 Å². The number of aromatic nitrogens is 6. The first-order valence-corrected chi connectivity index (χ1v) is 9.83. The van der Waals surface area contributed by atoms with Crippen molar-refractivity contribution in [1.82, 2.24) is 29.2 Å². The van der Waals surface area contributed by atoms with Crippen LogP contribution in [0.4, 0.5) is 4.39 Å². The van der Waals surface area contributed by atoms with E-state index in [-0.39, 0.29) is 28.8 Å². The molecule has 3 aromatic heterocycles. The van der Waals surface area contributed by atoms with Gasteiger partial charge in [-0.1, -0.05) is 5.16 Å². The lowest BCUT2D eigenvalue weighted by molar-refractivity contribution is 0.372. The Hall–Kier alpha value is -3.27. The quantitative estimate of drug-likeness (QED) is 0.355. The first kappa shape index (κ1) is 20.0. The average molecular weight is 433 g/mol. The number of aryl methyl sites for hydroxylation is 2. The number of halogens is 2. The van der Waals surface area contributed by atoms with Crippen LogP contribution in [0.2, 0.25) is 5.28 Å². The molecule has 0 aliphatic rings. The van der Waals surface area contributed by atoms with Crippen molar-refractivity contribution in [1.29, 1.82) is 0 Å². The molecule has 0 unspecified atom stereocenters. The van der Waals surface area contributed by atoms with Crippen molar-refractivity contribution < 1.29 is 8.91 Å². The van der Waals surface area contributed by atoms with Crippen molar-refractivity contribution in [2.75, 3.05) is 0 Å². The third-order valence-corrected chi connectivity index (χ3v) is 4.92. The first-order chi connectivity index (χ1) is 14.5. The monoisotopic (exact) mass is 432 g/mol. The van der Waals surface area contributed by atoms with Crippen molar-refractivity contribution >= 4 is 22.8 Å². The van der Waals surface area contributed by atoms with Gasteiger partial charge in [-0.3, -0.25) is 13.9 Å². The number of aromatic amines is 1. The molecule has 0 saturated heterocycles. The van der Waals surface area contributed by atoms with Gasteiger partial charge in [-0.25, -0.2) is 9.18 Å². The second kappa shape index (κ2) is 8.23. The van der Waals surface area contributed by atoms with E-state index < -0.39 is 11.2 Å². The van der Waals surface area contributed by atoms with Crippen LogP contribution < -0.4 is 11.2 Å². The summed E-state index contributed by atoms with van der Waals surface area (Å²) in [6.45, 7) is 2.40. The molecule has 9 nitrogen and oxygen atoms in total. The smallest absolute Gasteiger partial charge is 0.332 e. The summed E-state index contributed by atoms with van der Waals surface area (Å²) >= 11 is 5.87. The Balaban J connectivity index is 1.44. The predicted octanol–water partition coefficient (Wildman–Crippen LogP) is 2.77. The number of imidazole rings is 1. The highest BCUT2D eigenvalue weighted by Gasteiger charge is 2.16. The molecule has 4 aromatic rings. The molecule has 4 rings (SSSR count). The molecule has 0 amide bonds. The van der Waals surface area contributed by atoms with Gasteiger partial charge in [0.2, 0.25) is 17.0 Å². The molecule has 0 atom stereocenters. The third-order valence-electron chi connectivity index (χ3n) is 4.74. The number of H-pyrrole nitrogens is 1. The zero-order chi connectivity index (χ0) is 21.3. The molecule has 0 aliphatic carbocycles. The van der Waals surface area contributed by atoms with Gasteiger partial charge in [0.05, 0.1) is 0 Å². The minimum atomic E-state index is -0.449. The SMILES string of the molecule is CCn1c(=O)n(CCCCc2nc(-c3ccc(F)cc3)no2)c(=O)c2[nH]c(Cl)nc21.